The Morgan fingerprint density at radius 1 is 1.38 bits per heavy atom. The molecular formula is C12H15ClO2S. The molecule has 0 amide bonds. The molecule has 0 aliphatic carbocycles. The first-order valence-corrected chi connectivity index (χ1v) is 6.52. The van der Waals surface area contributed by atoms with Crippen molar-refractivity contribution in [1.29, 1.82) is 0 Å². The van der Waals surface area contributed by atoms with Crippen molar-refractivity contribution >= 4 is 29.3 Å². The standard InChI is InChI=1S/C12H15ClO2S/c1-8(2)11(12(14)15)16-7-9-3-5-10(13)6-4-9/h3-6,8,11H,7H2,1-2H3,(H,14,15). The van der Waals surface area contributed by atoms with Gasteiger partial charge in [0.25, 0.3) is 0 Å². The predicted molar refractivity (Wildman–Crippen MR) is 69.0 cm³/mol. The number of halogens is 1. The van der Waals surface area contributed by atoms with Gasteiger partial charge in [0.05, 0.1) is 0 Å². The quantitative estimate of drug-likeness (QED) is 0.875. The van der Waals surface area contributed by atoms with E-state index in [1.165, 1.54) is 11.8 Å². The van der Waals surface area contributed by atoms with Crippen LogP contribution in [-0.2, 0) is 10.5 Å². The van der Waals surface area contributed by atoms with Crippen molar-refractivity contribution in [3.63, 3.8) is 0 Å². The molecule has 1 aromatic rings. The third kappa shape index (κ3) is 4.06. The zero-order valence-corrected chi connectivity index (χ0v) is 10.9. The number of carboxylic acids is 1. The summed E-state index contributed by atoms with van der Waals surface area (Å²) in [6, 6.07) is 7.49. The van der Waals surface area contributed by atoms with E-state index in [1.54, 1.807) is 0 Å². The Kier molecular flexibility index (Phi) is 5.16. The highest BCUT2D eigenvalue weighted by Crippen LogP contribution is 2.24. The molecular weight excluding hydrogens is 244 g/mol. The number of benzene rings is 1. The van der Waals surface area contributed by atoms with Gasteiger partial charge in [0.2, 0.25) is 0 Å². The third-order valence-corrected chi connectivity index (χ3v) is 4.05. The van der Waals surface area contributed by atoms with Crippen LogP contribution in [-0.4, -0.2) is 16.3 Å². The zero-order valence-electron chi connectivity index (χ0n) is 9.31. The Hall–Kier alpha value is -0.670. The van der Waals surface area contributed by atoms with E-state index in [9.17, 15) is 4.79 Å². The van der Waals surface area contributed by atoms with Crippen LogP contribution in [0.4, 0.5) is 0 Å². The van der Waals surface area contributed by atoms with E-state index >= 15 is 0 Å². The summed E-state index contributed by atoms with van der Waals surface area (Å²) in [4.78, 5) is 11.0. The van der Waals surface area contributed by atoms with Gasteiger partial charge in [-0.25, -0.2) is 0 Å². The lowest BCUT2D eigenvalue weighted by Crippen LogP contribution is -2.22. The van der Waals surface area contributed by atoms with Crippen molar-refractivity contribution in [2.24, 2.45) is 5.92 Å². The van der Waals surface area contributed by atoms with Crippen LogP contribution in [0.2, 0.25) is 5.02 Å². The van der Waals surface area contributed by atoms with Crippen LogP contribution in [0, 0.1) is 5.92 Å². The molecule has 0 fully saturated rings. The Morgan fingerprint density at radius 2 is 1.94 bits per heavy atom. The average Bonchev–Trinajstić information content (AvgIpc) is 2.20. The largest absolute Gasteiger partial charge is 0.480 e. The first kappa shape index (κ1) is 13.4. The number of aliphatic carboxylic acids is 1. The Labute approximate surface area is 105 Å². The third-order valence-electron chi connectivity index (χ3n) is 2.19. The molecule has 1 N–H and O–H groups in total. The Bertz CT molecular complexity index is 349. The van der Waals surface area contributed by atoms with Crippen LogP contribution >= 0.6 is 23.4 Å². The van der Waals surface area contributed by atoms with Gasteiger partial charge in [-0.1, -0.05) is 37.6 Å². The molecule has 0 bridgehead atoms. The molecule has 0 aliphatic heterocycles. The van der Waals surface area contributed by atoms with E-state index in [0.29, 0.717) is 10.8 Å². The fourth-order valence-electron chi connectivity index (χ4n) is 1.32. The SMILES string of the molecule is CC(C)C(SCc1ccc(Cl)cc1)C(=O)O. The zero-order chi connectivity index (χ0) is 12.1. The van der Waals surface area contributed by atoms with E-state index in [4.69, 9.17) is 16.7 Å². The lowest BCUT2D eigenvalue weighted by atomic mass is 10.1. The van der Waals surface area contributed by atoms with Crippen LogP contribution in [0.3, 0.4) is 0 Å². The maximum Gasteiger partial charge on any atom is 0.316 e. The summed E-state index contributed by atoms with van der Waals surface area (Å²) < 4.78 is 0. The first-order valence-electron chi connectivity index (χ1n) is 5.09. The molecule has 0 aromatic heterocycles. The van der Waals surface area contributed by atoms with Gasteiger partial charge in [-0.05, 0) is 23.6 Å². The number of thioether (sulfide) groups is 1. The van der Waals surface area contributed by atoms with Gasteiger partial charge in [0, 0.05) is 10.8 Å². The summed E-state index contributed by atoms with van der Waals surface area (Å²) in [6.45, 7) is 3.85. The molecule has 0 heterocycles. The summed E-state index contributed by atoms with van der Waals surface area (Å²) in [5.74, 6) is 0.0931. The van der Waals surface area contributed by atoms with Gasteiger partial charge < -0.3 is 5.11 Å². The predicted octanol–water partition coefficient (Wildman–Crippen LogP) is 3.68. The minimum atomic E-state index is -0.742. The van der Waals surface area contributed by atoms with Crippen molar-refractivity contribution in [1.82, 2.24) is 0 Å². The van der Waals surface area contributed by atoms with Crippen LogP contribution in [0.1, 0.15) is 19.4 Å². The van der Waals surface area contributed by atoms with Crippen LogP contribution in [0.5, 0.6) is 0 Å². The average molecular weight is 259 g/mol. The smallest absolute Gasteiger partial charge is 0.316 e. The maximum absolute atomic E-state index is 11.0. The van der Waals surface area contributed by atoms with E-state index in [0.717, 1.165) is 5.56 Å². The summed E-state index contributed by atoms with van der Waals surface area (Å²) in [6.07, 6.45) is 0. The Balaban J connectivity index is 2.55. The maximum atomic E-state index is 11.0. The number of hydrogen-bond donors (Lipinski definition) is 1. The molecule has 1 unspecified atom stereocenters. The van der Waals surface area contributed by atoms with Gasteiger partial charge in [0.1, 0.15) is 5.25 Å². The van der Waals surface area contributed by atoms with Crippen molar-refractivity contribution in [2.75, 3.05) is 0 Å². The van der Waals surface area contributed by atoms with E-state index in [2.05, 4.69) is 0 Å². The molecule has 1 rings (SSSR count). The van der Waals surface area contributed by atoms with Crippen molar-refractivity contribution in [2.45, 2.75) is 24.9 Å². The van der Waals surface area contributed by atoms with Crippen molar-refractivity contribution < 1.29 is 9.90 Å². The highest BCUT2D eigenvalue weighted by molar-refractivity contribution is 7.99. The van der Waals surface area contributed by atoms with Gasteiger partial charge in [-0.3, -0.25) is 4.79 Å². The van der Waals surface area contributed by atoms with Gasteiger partial charge in [0.15, 0.2) is 0 Å². The lowest BCUT2D eigenvalue weighted by molar-refractivity contribution is -0.137. The number of hydrogen-bond acceptors (Lipinski definition) is 2. The van der Waals surface area contributed by atoms with E-state index in [-0.39, 0.29) is 11.2 Å². The Morgan fingerprint density at radius 3 is 2.38 bits per heavy atom. The van der Waals surface area contributed by atoms with Crippen molar-refractivity contribution in [3.8, 4) is 0 Å². The number of carbonyl (C=O) groups is 1. The molecule has 88 valence electrons. The second-order valence-corrected chi connectivity index (χ2v) is 5.51. The molecule has 2 nitrogen and oxygen atoms in total. The molecule has 1 aromatic carbocycles. The summed E-state index contributed by atoms with van der Waals surface area (Å²) in [5.41, 5.74) is 1.10. The van der Waals surface area contributed by atoms with Crippen LogP contribution in [0.15, 0.2) is 24.3 Å². The number of rotatable bonds is 5. The second kappa shape index (κ2) is 6.16. The summed E-state index contributed by atoms with van der Waals surface area (Å²) >= 11 is 7.23. The normalized spacial score (nSPS) is 12.8. The molecule has 0 radical (unpaired) electrons. The molecule has 0 saturated carbocycles. The molecule has 4 heteroatoms. The molecule has 0 saturated heterocycles. The monoisotopic (exact) mass is 258 g/mol. The lowest BCUT2D eigenvalue weighted by Gasteiger charge is -2.15. The van der Waals surface area contributed by atoms with Crippen LogP contribution < -0.4 is 0 Å². The van der Waals surface area contributed by atoms with Crippen molar-refractivity contribution in [3.05, 3.63) is 34.9 Å². The molecule has 16 heavy (non-hydrogen) atoms. The van der Waals surface area contributed by atoms with E-state index in [1.807, 2.05) is 38.1 Å². The molecule has 0 spiro atoms. The highest BCUT2D eigenvalue weighted by atomic mass is 35.5. The highest BCUT2D eigenvalue weighted by Gasteiger charge is 2.21. The van der Waals surface area contributed by atoms with E-state index < -0.39 is 5.97 Å². The summed E-state index contributed by atoms with van der Waals surface area (Å²) in [7, 11) is 0. The molecule has 1 atom stereocenters. The first-order chi connectivity index (χ1) is 7.50. The topological polar surface area (TPSA) is 37.3 Å². The second-order valence-electron chi connectivity index (χ2n) is 3.94. The fraction of sp³-hybridized carbons (Fsp3) is 0.417. The fourth-order valence-corrected chi connectivity index (χ4v) is 2.53. The van der Waals surface area contributed by atoms with Gasteiger partial charge >= 0.3 is 5.97 Å². The van der Waals surface area contributed by atoms with Gasteiger partial charge in [-0.2, -0.15) is 0 Å². The number of carboxylic acid groups (broad SMARTS) is 1. The summed E-state index contributed by atoms with van der Waals surface area (Å²) in [5, 5.41) is 9.37. The van der Waals surface area contributed by atoms with Gasteiger partial charge in [-0.15, -0.1) is 11.8 Å². The van der Waals surface area contributed by atoms with Crippen LogP contribution in [0.25, 0.3) is 0 Å². The minimum Gasteiger partial charge on any atom is -0.480 e. The molecule has 0 aliphatic rings. The minimum absolute atomic E-state index is 0.134.